The van der Waals surface area contributed by atoms with Crippen LogP contribution in [0.15, 0.2) is 0 Å². The third-order valence-electron chi connectivity index (χ3n) is 3.20. The summed E-state index contributed by atoms with van der Waals surface area (Å²) in [6, 6.07) is 2.50. The lowest BCUT2D eigenvalue weighted by molar-refractivity contribution is -0.126. The van der Waals surface area contributed by atoms with Crippen LogP contribution in [0.4, 0.5) is 0 Å². The van der Waals surface area contributed by atoms with Crippen molar-refractivity contribution < 1.29 is 9.53 Å². The number of methoxy groups -OCH3 is 1. The number of rotatable bonds is 9. The molecule has 1 rings (SSSR count). The zero-order chi connectivity index (χ0) is 13.4. The van der Waals surface area contributed by atoms with Crippen molar-refractivity contribution >= 4 is 5.91 Å². The lowest BCUT2D eigenvalue weighted by Crippen LogP contribution is -2.46. The number of hydrogen-bond acceptors (Lipinski definition) is 4. The van der Waals surface area contributed by atoms with Crippen LogP contribution in [-0.2, 0) is 9.53 Å². The van der Waals surface area contributed by atoms with Crippen molar-refractivity contribution in [2.45, 2.75) is 44.7 Å². The van der Waals surface area contributed by atoms with E-state index in [1.54, 1.807) is 7.11 Å². The van der Waals surface area contributed by atoms with Gasteiger partial charge in [0.2, 0.25) is 5.91 Å². The average Bonchev–Trinajstić information content (AvgIpc) is 3.19. The van der Waals surface area contributed by atoms with Gasteiger partial charge in [-0.3, -0.25) is 9.69 Å². The molecular formula is C13H23N3O2. The van der Waals surface area contributed by atoms with Crippen molar-refractivity contribution in [1.82, 2.24) is 10.2 Å². The summed E-state index contributed by atoms with van der Waals surface area (Å²) in [6.07, 6.45) is 3.60. The number of carbonyl (C=O) groups is 1. The van der Waals surface area contributed by atoms with E-state index in [4.69, 9.17) is 10.00 Å². The molecule has 0 heterocycles. The second-order valence-corrected chi connectivity index (χ2v) is 4.69. The fraction of sp³-hybridized carbons (Fsp3) is 0.846. The van der Waals surface area contributed by atoms with E-state index in [-0.39, 0.29) is 11.9 Å². The zero-order valence-corrected chi connectivity index (χ0v) is 11.3. The number of hydrogen-bond donors (Lipinski definition) is 1. The lowest BCUT2D eigenvalue weighted by Gasteiger charge is -2.27. The van der Waals surface area contributed by atoms with Crippen LogP contribution in [-0.4, -0.2) is 49.7 Å². The Balaban J connectivity index is 2.32. The first-order valence-corrected chi connectivity index (χ1v) is 6.60. The summed E-state index contributed by atoms with van der Waals surface area (Å²) in [6.45, 7) is 3.92. The maximum atomic E-state index is 12.0. The summed E-state index contributed by atoms with van der Waals surface area (Å²) < 4.78 is 4.94. The van der Waals surface area contributed by atoms with E-state index in [2.05, 4.69) is 16.3 Å². The van der Waals surface area contributed by atoms with Crippen LogP contribution in [0, 0.1) is 11.3 Å². The first-order chi connectivity index (χ1) is 8.70. The Kier molecular flexibility index (Phi) is 6.69. The highest BCUT2D eigenvalue weighted by atomic mass is 16.5. The molecule has 0 spiro atoms. The molecule has 0 aromatic heterocycles. The van der Waals surface area contributed by atoms with E-state index in [0.29, 0.717) is 32.2 Å². The van der Waals surface area contributed by atoms with Crippen LogP contribution < -0.4 is 5.32 Å². The molecule has 0 aromatic carbocycles. The molecule has 0 aliphatic heterocycles. The molecule has 1 aliphatic rings. The molecular weight excluding hydrogens is 230 g/mol. The molecule has 0 aromatic rings. The van der Waals surface area contributed by atoms with Gasteiger partial charge in [0.15, 0.2) is 0 Å². The van der Waals surface area contributed by atoms with E-state index in [1.165, 1.54) is 0 Å². The van der Waals surface area contributed by atoms with Gasteiger partial charge in [-0.2, -0.15) is 5.26 Å². The van der Waals surface area contributed by atoms with E-state index < -0.39 is 0 Å². The number of nitrogens with zero attached hydrogens (tertiary/aromatic N) is 2. The van der Waals surface area contributed by atoms with Crippen LogP contribution in [0.2, 0.25) is 0 Å². The normalized spacial score (nSPS) is 16.3. The van der Waals surface area contributed by atoms with Gasteiger partial charge in [-0.1, -0.05) is 0 Å². The minimum Gasteiger partial charge on any atom is -0.385 e. The van der Waals surface area contributed by atoms with E-state index >= 15 is 0 Å². The highest BCUT2D eigenvalue weighted by Crippen LogP contribution is 2.28. The van der Waals surface area contributed by atoms with Crippen molar-refractivity contribution in [1.29, 1.82) is 5.26 Å². The van der Waals surface area contributed by atoms with Crippen LogP contribution in [0.3, 0.4) is 0 Å². The Hall–Kier alpha value is -1.12. The SMILES string of the molecule is COCCCNC(=O)C(C)N(CCC#N)C1CC1. The number of nitrogens with one attached hydrogen (secondary N) is 1. The maximum Gasteiger partial charge on any atom is 0.237 e. The second kappa shape index (κ2) is 8.06. The molecule has 1 fully saturated rings. The number of amides is 1. The minimum absolute atomic E-state index is 0.0518. The van der Waals surface area contributed by atoms with Gasteiger partial charge in [-0.25, -0.2) is 0 Å². The molecule has 1 saturated carbocycles. The van der Waals surface area contributed by atoms with E-state index in [1.807, 2.05) is 6.92 Å². The summed E-state index contributed by atoms with van der Waals surface area (Å²) in [5.41, 5.74) is 0. The summed E-state index contributed by atoms with van der Waals surface area (Å²) in [7, 11) is 1.65. The van der Waals surface area contributed by atoms with Crippen LogP contribution >= 0.6 is 0 Å². The van der Waals surface area contributed by atoms with Crippen molar-refractivity contribution in [3.63, 3.8) is 0 Å². The molecule has 1 unspecified atom stereocenters. The predicted octanol–water partition coefficient (Wildman–Crippen LogP) is 0.906. The van der Waals surface area contributed by atoms with Crippen LogP contribution in [0.25, 0.3) is 0 Å². The molecule has 1 amide bonds. The topological polar surface area (TPSA) is 65.4 Å². The monoisotopic (exact) mass is 253 g/mol. The Labute approximate surface area is 109 Å². The molecule has 102 valence electrons. The first kappa shape index (κ1) is 14.9. The standard InChI is InChI=1S/C13H23N3O2/c1-11(13(17)15-8-4-10-18-2)16(9-3-7-14)12-5-6-12/h11-12H,3-6,8-10H2,1-2H3,(H,15,17). The molecule has 1 N–H and O–H groups in total. The highest BCUT2D eigenvalue weighted by Gasteiger charge is 2.34. The molecule has 0 radical (unpaired) electrons. The van der Waals surface area contributed by atoms with Gasteiger partial charge < -0.3 is 10.1 Å². The smallest absolute Gasteiger partial charge is 0.237 e. The Bertz CT molecular complexity index is 297. The van der Waals surface area contributed by atoms with Crippen molar-refractivity contribution in [3.05, 3.63) is 0 Å². The molecule has 0 saturated heterocycles. The molecule has 5 heteroatoms. The van der Waals surface area contributed by atoms with Gasteiger partial charge in [-0.05, 0) is 26.2 Å². The van der Waals surface area contributed by atoms with Gasteiger partial charge in [-0.15, -0.1) is 0 Å². The second-order valence-electron chi connectivity index (χ2n) is 4.69. The Morgan fingerprint density at radius 2 is 2.33 bits per heavy atom. The van der Waals surface area contributed by atoms with Gasteiger partial charge >= 0.3 is 0 Å². The highest BCUT2D eigenvalue weighted by molar-refractivity contribution is 5.81. The zero-order valence-electron chi connectivity index (χ0n) is 11.3. The lowest BCUT2D eigenvalue weighted by atomic mass is 10.2. The average molecular weight is 253 g/mol. The summed E-state index contributed by atoms with van der Waals surface area (Å²) in [4.78, 5) is 14.1. The van der Waals surface area contributed by atoms with Crippen molar-refractivity contribution in [2.24, 2.45) is 0 Å². The van der Waals surface area contributed by atoms with Gasteiger partial charge in [0.05, 0.1) is 12.1 Å². The predicted molar refractivity (Wildman–Crippen MR) is 68.9 cm³/mol. The number of ether oxygens (including phenoxy) is 1. The number of carbonyl (C=O) groups excluding carboxylic acids is 1. The quantitative estimate of drug-likeness (QED) is 0.620. The molecule has 1 atom stereocenters. The van der Waals surface area contributed by atoms with Gasteiger partial charge in [0.1, 0.15) is 0 Å². The third kappa shape index (κ3) is 5.03. The Morgan fingerprint density at radius 3 is 2.89 bits per heavy atom. The summed E-state index contributed by atoms with van der Waals surface area (Å²) >= 11 is 0. The molecule has 1 aliphatic carbocycles. The summed E-state index contributed by atoms with van der Waals surface area (Å²) in [5.74, 6) is 0.0518. The molecule has 0 bridgehead atoms. The van der Waals surface area contributed by atoms with Gasteiger partial charge in [0.25, 0.3) is 0 Å². The van der Waals surface area contributed by atoms with Crippen molar-refractivity contribution in [3.8, 4) is 6.07 Å². The number of nitriles is 1. The third-order valence-corrected chi connectivity index (χ3v) is 3.20. The molecule has 18 heavy (non-hydrogen) atoms. The van der Waals surface area contributed by atoms with Crippen molar-refractivity contribution in [2.75, 3.05) is 26.8 Å². The fourth-order valence-electron chi connectivity index (χ4n) is 2.00. The van der Waals surface area contributed by atoms with E-state index in [9.17, 15) is 4.79 Å². The van der Waals surface area contributed by atoms with E-state index in [0.717, 1.165) is 19.3 Å². The van der Waals surface area contributed by atoms with Crippen LogP contribution in [0.5, 0.6) is 0 Å². The first-order valence-electron chi connectivity index (χ1n) is 6.60. The molecule has 5 nitrogen and oxygen atoms in total. The van der Waals surface area contributed by atoms with Crippen LogP contribution in [0.1, 0.15) is 32.6 Å². The Morgan fingerprint density at radius 1 is 1.61 bits per heavy atom. The fourth-order valence-corrected chi connectivity index (χ4v) is 2.00. The largest absolute Gasteiger partial charge is 0.385 e. The minimum atomic E-state index is -0.145. The maximum absolute atomic E-state index is 12.0. The summed E-state index contributed by atoms with van der Waals surface area (Å²) in [5, 5.41) is 11.6. The van der Waals surface area contributed by atoms with Gasteiger partial charge in [0, 0.05) is 39.3 Å².